The van der Waals surface area contributed by atoms with Gasteiger partial charge >= 0.3 is 0 Å². The molecule has 2 aromatic rings. The molecule has 0 aliphatic heterocycles. The second kappa shape index (κ2) is 10.1. The molecule has 0 radical (unpaired) electrons. The van der Waals surface area contributed by atoms with E-state index in [0.717, 1.165) is 0 Å². The first-order chi connectivity index (χ1) is 12.8. The molecule has 6 nitrogen and oxygen atoms in total. The van der Waals surface area contributed by atoms with Crippen molar-refractivity contribution in [3.8, 4) is 5.75 Å². The lowest BCUT2D eigenvalue weighted by atomic mass is 10.2. The molecule has 9 heteroatoms. The second-order valence-electron chi connectivity index (χ2n) is 5.71. The maximum Gasteiger partial charge on any atom is 0.276 e. The number of carbonyl (C=O) groups is 2. The number of rotatable bonds is 7. The molecule has 0 spiro atoms. The van der Waals surface area contributed by atoms with E-state index >= 15 is 0 Å². The first-order valence-electron chi connectivity index (χ1n) is 7.92. The van der Waals surface area contributed by atoms with Crippen molar-refractivity contribution in [3.63, 3.8) is 0 Å². The summed E-state index contributed by atoms with van der Waals surface area (Å²) < 4.78 is 19.0. The summed E-state index contributed by atoms with van der Waals surface area (Å²) in [5.74, 6) is -0.965. The fraction of sp³-hybridized carbons (Fsp3) is 0.222. The Bertz CT molecular complexity index is 783. The lowest BCUT2D eigenvalue weighted by molar-refractivity contribution is -0.130. The van der Waals surface area contributed by atoms with Crippen molar-refractivity contribution < 1.29 is 18.7 Å². The topological polar surface area (TPSA) is 70.7 Å². The zero-order chi connectivity index (χ0) is 19.8. The SMILES string of the molecule is CN(CC(=O)NNC(=O)COc1ccc(Cl)cc1)Cc1c(F)cccc1Cl. The first-order valence-corrected chi connectivity index (χ1v) is 8.68. The first kappa shape index (κ1) is 21.0. The lowest BCUT2D eigenvalue weighted by Crippen LogP contribution is -2.47. The van der Waals surface area contributed by atoms with Crippen LogP contribution in [0.5, 0.6) is 5.75 Å². The number of hydrazine groups is 1. The minimum absolute atomic E-state index is 0.0665. The Labute approximate surface area is 166 Å². The zero-order valence-electron chi connectivity index (χ0n) is 14.5. The molecule has 144 valence electrons. The summed E-state index contributed by atoms with van der Waals surface area (Å²) in [7, 11) is 1.63. The third-order valence-electron chi connectivity index (χ3n) is 3.43. The van der Waals surface area contributed by atoms with Crippen LogP contribution in [0.1, 0.15) is 5.56 Å². The molecular weight excluding hydrogens is 396 g/mol. The molecule has 0 fully saturated rings. The van der Waals surface area contributed by atoms with Gasteiger partial charge in [0.1, 0.15) is 11.6 Å². The summed E-state index contributed by atoms with van der Waals surface area (Å²) >= 11 is 11.7. The van der Waals surface area contributed by atoms with Crippen molar-refractivity contribution in [3.05, 3.63) is 63.9 Å². The van der Waals surface area contributed by atoms with Crippen LogP contribution in [0.4, 0.5) is 4.39 Å². The number of likely N-dealkylation sites (N-methyl/N-ethyl adjacent to an activating group) is 1. The van der Waals surface area contributed by atoms with Crippen LogP contribution < -0.4 is 15.6 Å². The molecule has 0 saturated heterocycles. The highest BCUT2D eigenvalue weighted by Crippen LogP contribution is 2.20. The summed E-state index contributed by atoms with van der Waals surface area (Å²) in [6.45, 7) is -0.196. The summed E-state index contributed by atoms with van der Waals surface area (Å²) in [6, 6.07) is 10.9. The zero-order valence-corrected chi connectivity index (χ0v) is 16.0. The van der Waals surface area contributed by atoms with Crippen molar-refractivity contribution in [1.82, 2.24) is 15.8 Å². The van der Waals surface area contributed by atoms with Gasteiger partial charge in [0.15, 0.2) is 6.61 Å². The summed E-state index contributed by atoms with van der Waals surface area (Å²) in [5, 5.41) is 0.842. The quantitative estimate of drug-likeness (QED) is 0.684. The molecule has 0 aliphatic rings. The van der Waals surface area contributed by atoms with Gasteiger partial charge in [-0.1, -0.05) is 29.3 Å². The number of carbonyl (C=O) groups excluding carboxylic acids is 2. The van der Waals surface area contributed by atoms with Gasteiger partial charge in [-0.05, 0) is 43.4 Å². The standard InChI is InChI=1S/C18H18Cl2FN3O3/c1-24(9-14-15(20)3-2-4-16(14)21)10-17(25)22-23-18(26)11-27-13-7-5-12(19)6-8-13/h2-8H,9-11H2,1H3,(H,22,25)(H,23,26). The van der Waals surface area contributed by atoms with Crippen molar-refractivity contribution in [2.24, 2.45) is 0 Å². The number of amides is 2. The second-order valence-corrected chi connectivity index (χ2v) is 6.56. The highest BCUT2D eigenvalue weighted by molar-refractivity contribution is 6.31. The summed E-state index contributed by atoms with van der Waals surface area (Å²) in [6.07, 6.45) is 0. The van der Waals surface area contributed by atoms with E-state index in [0.29, 0.717) is 16.3 Å². The van der Waals surface area contributed by atoms with Gasteiger partial charge in [-0.25, -0.2) is 4.39 Å². The number of hydrogen-bond donors (Lipinski definition) is 2. The average Bonchev–Trinajstić information content (AvgIpc) is 2.62. The van der Waals surface area contributed by atoms with E-state index < -0.39 is 17.6 Å². The van der Waals surface area contributed by atoms with Crippen LogP contribution in [0.2, 0.25) is 10.0 Å². The lowest BCUT2D eigenvalue weighted by Gasteiger charge is -2.17. The monoisotopic (exact) mass is 413 g/mol. The maximum absolute atomic E-state index is 13.8. The van der Waals surface area contributed by atoms with E-state index in [1.54, 1.807) is 42.3 Å². The Morgan fingerprint density at radius 3 is 2.41 bits per heavy atom. The molecule has 27 heavy (non-hydrogen) atoms. The Kier molecular flexibility index (Phi) is 7.84. The number of halogens is 3. The van der Waals surface area contributed by atoms with Crippen LogP contribution in [-0.4, -0.2) is 36.9 Å². The highest BCUT2D eigenvalue weighted by Gasteiger charge is 2.13. The number of ether oxygens (including phenoxy) is 1. The highest BCUT2D eigenvalue weighted by atomic mass is 35.5. The van der Waals surface area contributed by atoms with Gasteiger partial charge in [-0.3, -0.25) is 25.3 Å². The van der Waals surface area contributed by atoms with Gasteiger partial charge in [0.2, 0.25) is 0 Å². The number of nitrogens with one attached hydrogen (secondary N) is 2. The fourth-order valence-corrected chi connectivity index (χ4v) is 2.50. The third-order valence-corrected chi connectivity index (χ3v) is 4.03. The molecule has 2 aromatic carbocycles. The molecule has 0 aromatic heterocycles. The van der Waals surface area contributed by atoms with E-state index in [1.807, 2.05) is 0 Å². The molecular formula is C18H18Cl2FN3O3. The van der Waals surface area contributed by atoms with E-state index in [2.05, 4.69) is 10.9 Å². The van der Waals surface area contributed by atoms with Crippen LogP contribution in [-0.2, 0) is 16.1 Å². The average molecular weight is 414 g/mol. The minimum atomic E-state index is -0.530. The maximum atomic E-state index is 13.8. The normalized spacial score (nSPS) is 10.6. The van der Waals surface area contributed by atoms with Crippen LogP contribution in [0.15, 0.2) is 42.5 Å². The van der Waals surface area contributed by atoms with Gasteiger partial charge in [-0.15, -0.1) is 0 Å². The predicted octanol–water partition coefficient (Wildman–Crippen LogP) is 2.79. The largest absolute Gasteiger partial charge is 0.484 e. The number of nitrogens with zero attached hydrogens (tertiary/aromatic N) is 1. The van der Waals surface area contributed by atoms with E-state index in [9.17, 15) is 14.0 Å². The van der Waals surface area contributed by atoms with Crippen LogP contribution in [0, 0.1) is 5.82 Å². The smallest absolute Gasteiger partial charge is 0.276 e. The Balaban J connectivity index is 1.71. The van der Waals surface area contributed by atoms with Gasteiger partial charge in [0.25, 0.3) is 11.8 Å². The van der Waals surface area contributed by atoms with Crippen LogP contribution >= 0.6 is 23.2 Å². The van der Waals surface area contributed by atoms with Crippen molar-refractivity contribution in [2.45, 2.75) is 6.54 Å². The fourth-order valence-electron chi connectivity index (χ4n) is 2.15. The Morgan fingerprint density at radius 1 is 1.07 bits per heavy atom. The summed E-state index contributed by atoms with van der Waals surface area (Å²) in [4.78, 5) is 25.1. The molecule has 0 saturated carbocycles. The Morgan fingerprint density at radius 2 is 1.74 bits per heavy atom. The number of hydrogen-bond acceptors (Lipinski definition) is 4. The summed E-state index contributed by atoms with van der Waals surface area (Å²) in [5.41, 5.74) is 4.81. The number of benzene rings is 2. The van der Waals surface area contributed by atoms with Gasteiger partial charge in [0, 0.05) is 22.2 Å². The molecule has 0 heterocycles. The van der Waals surface area contributed by atoms with Crippen LogP contribution in [0.25, 0.3) is 0 Å². The van der Waals surface area contributed by atoms with E-state index in [-0.39, 0.29) is 24.7 Å². The molecule has 2 N–H and O–H groups in total. The van der Waals surface area contributed by atoms with Crippen molar-refractivity contribution in [2.75, 3.05) is 20.2 Å². The Hall–Kier alpha value is -2.35. The predicted molar refractivity (Wildman–Crippen MR) is 101 cm³/mol. The molecule has 0 bridgehead atoms. The van der Waals surface area contributed by atoms with Crippen molar-refractivity contribution >= 4 is 35.0 Å². The third kappa shape index (κ3) is 7.05. The van der Waals surface area contributed by atoms with Gasteiger partial charge < -0.3 is 4.74 Å². The van der Waals surface area contributed by atoms with Gasteiger partial charge in [0.05, 0.1) is 6.54 Å². The molecule has 2 amide bonds. The molecule has 2 rings (SSSR count). The molecule has 0 atom stereocenters. The van der Waals surface area contributed by atoms with E-state index in [1.165, 1.54) is 12.1 Å². The molecule has 0 aliphatic carbocycles. The van der Waals surface area contributed by atoms with E-state index in [4.69, 9.17) is 27.9 Å². The molecule has 0 unspecified atom stereocenters. The van der Waals surface area contributed by atoms with Gasteiger partial charge in [-0.2, -0.15) is 0 Å². The minimum Gasteiger partial charge on any atom is -0.484 e. The van der Waals surface area contributed by atoms with Crippen molar-refractivity contribution in [1.29, 1.82) is 0 Å². The van der Waals surface area contributed by atoms with Crippen LogP contribution in [0.3, 0.4) is 0 Å².